The molecule has 1 aromatic heterocycles. The lowest BCUT2D eigenvalue weighted by molar-refractivity contribution is 0.0781. The van der Waals surface area contributed by atoms with Crippen molar-refractivity contribution in [1.82, 2.24) is 9.88 Å². The van der Waals surface area contributed by atoms with Gasteiger partial charge in [-0.3, -0.25) is 9.78 Å². The number of aromatic nitrogens is 1. The number of pyridine rings is 1. The first-order chi connectivity index (χ1) is 10.2. The van der Waals surface area contributed by atoms with Gasteiger partial charge in [-0.05, 0) is 23.8 Å². The molecule has 0 bridgehead atoms. The first-order valence-corrected chi connectivity index (χ1v) is 6.52. The van der Waals surface area contributed by atoms with Gasteiger partial charge in [0.05, 0.1) is 19.8 Å². The van der Waals surface area contributed by atoms with E-state index in [4.69, 9.17) is 9.47 Å². The lowest BCUT2D eigenvalue weighted by atomic mass is 10.1. The van der Waals surface area contributed by atoms with Gasteiger partial charge in [0.15, 0.2) is 0 Å². The second-order valence-corrected chi connectivity index (χ2v) is 4.59. The summed E-state index contributed by atoms with van der Waals surface area (Å²) in [6, 6.07) is 8.93. The highest BCUT2D eigenvalue weighted by Crippen LogP contribution is 2.25. The van der Waals surface area contributed by atoms with Gasteiger partial charge in [-0.15, -0.1) is 0 Å². The van der Waals surface area contributed by atoms with Gasteiger partial charge in [-0.25, -0.2) is 0 Å². The Morgan fingerprint density at radius 2 is 2.05 bits per heavy atom. The Morgan fingerprint density at radius 3 is 2.67 bits per heavy atom. The number of benzene rings is 1. The Kier molecular flexibility index (Phi) is 4.77. The predicted octanol–water partition coefficient (Wildman–Crippen LogP) is 2.37. The number of hydrogen-bond donors (Lipinski definition) is 0. The SMILES string of the molecule is COc1ccc(C(=O)N(C)Cc2cccnc2)c(OC)c1. The van der Waals surface area contributed by atoms with Gasteiger partial charge in [-0.1, -0.05) is 6.07 Å². The normalized spacial score (nSPS) is 10.0. The number of hydrogen-bond acceptors (Lipinski definition) is 4. The molecule has 110 valence electrons. The summed E-state index contributed by atoms with van der Waals surface area (Å²) in [6.07, 6.45) is 3.45. The fraction of sp³-hybridized carbons (Fsp3) is 0.250. The zero-order valence-electron chi connectivity index (χ0n) is 12.4. The highest BCUT2D eigenvalue weighted by Gasteiger charge is 2.17. The first kappa shape index (κ1) is 14.8. The molecule has 0 aliphatic carbocycles. The second kappa shape index (κ2) is 6.74. The Hall–Kier alpha value is -2.56. The van der Waals surface area contributed by atoms with Gasteiger partial charge in [0.1, 0.15) is 11.5 Å². The van der Waals surface area contributed by atoms with Crippen LogP contribution >= 0.6 is 0 Å². The summed E-state index contributed by atoms with van der Waals surface area (Å²) in [5.74, 6) is 1.04. The van der Waals surface area contributed by atoms with Crippen LogP contribution in [0.2, 0.25) is 0 Å². The Bertz CT molecular complexity index is 614. The van der Waals surface area contributed by atoms with E-state index in [2.05, 4.69) is 4.98 Å². The van der Waals surface area contributed by atoms with Crippen LogP contribution in [0.1, 0.15) is 15.9 Å². The third-order valence-electron chi connectivity index (χ3n) is 3.13. The number of amides is 1. The standard InChI is InChI=1S/C16H18N2O3/c1-18(11-12-5-4-8-17-10-12)16(19)14-7-6-13(20-2)9-15(14)21-3/h4-10H,11H2,1-3H3. The van der Waals surface area contributed by atoms with Crippen LogP contribution < -0.4 is 9.47 Å². The minimum Gasteiger partial charge on any atom is -0.497 e. The number of rotatable bonds is 5. The number of carbonyl (C=O) groups is 1. The molecule has 1 aromatic carbocycles. The summed E-state index contributed by atoms with van der Waals surface area (Å²) in [6.45, 7) is 0.488. The fourth-order valence-electron chi connectivity index (χ4n) is 2.02. The molecule has 5 nitrogen and oxygen atoms in total. The molecular weight excluding hydrogens is 268 g/mol. The smallest absolute Gasteiger partial charge is 0.257 e. The number of methoxy groups -OCH3 is 2. The monoisotopic (exact) mass is 286 g/mol. The molecule has 0 unspecified atom stereocenters. The fourth-order valence-corrected chi connectivity index (χ4v) is 2.02. The van der Waals surface area contributed by atoms with E-state index < -0.39 is 0 Å². The van der Waals surface area contributed by atoms with Crippen LogP contribution in [0, 0.1) is 0 Å². The summed E-state index contributed by atoms with van der Waals surface area (Å²) in [4.78, 5) is 18.2. The topological polar surface area (TPSA) is 51.7 Å². The quantitative estimate of drug-likeness (QED) is 0.846. The van der Waals surface area contributed by atoms with E-state index in [1.54, 1.807) is 49.7 Å². The van der Waals surface area contributed by atoms with Crippen molar-refractivity contribution in [1.29, 1.82) is 0 Å². The van der Waals surface area contributed by atoms with Gasteiger partial charge >= 0.3 is 0 Å². The maximum Gasteiger partial charge on any atom is 0.257 e. The Balaban J connectivity index is 2.19. The van der Waals surface area contributed by atoms with Crippen LogP contribution in [-0.2, 0) is 6.54 Å². The Labute approximate surface area is 124 Å². The lowest BCUT2D eigenvalue weighted by Gasteiger charge is -2.19. The Morgan fingerprint density at radius 1 is 1.24 bits per heavy atom. The van der Waals surface area contributed by atoms with Crippen LogP contribution in [0.15, 0.2) is 42.7 Å². The van der Waals surface area contributed by atoms with Crippen LogP contribution in [0.5, 0.6) is 11.5 Å². The highest BCUT2D eigenvalue weighted by molar-refractivity contribution is 5.97. The average molecular weight is 286 g/mol. The molecule has 0 N–H and O–H groups in total. The van der Waals surface area contributed by atoms with E-state index in [1.807, 2.05) is 12.1 Å². The summed E-state index contributed by atoms with van der Waals surface area (Å²) in [5.41, 5.74) is 1.48. The van der Waals surface area contributed by atoms with E-state index in [9.17, 15) is 4.79 Å². The van der Waals surface area contributed by atoms with Gasteiger partial charge < -0.3 is 14.4 Å². The van der Waals surface area contributed by atoms with Gasteiger partial charge in [0, 0.05) is 32.1 Å². The number of ether oxygens (including phenoxy) is 2. The lowest BCUT2D eigenvalue weighted by Crippen LogP contribution is -2.26. The van der Waals surface area contributed by atoms with Crippen LogP contribution in [0.3, 0.4) is 0 Å². The van der Waals surface area contributed by atoms with Gasteiger partial charge in [-0.2, -0.15) is 0 Å². The maximum absolute atomic E-state index is 12.5. The van der Waals surface area contributed by atoms with Crippen molar-refractivity contribution in [2.45, 2.75) is 6.54 Å². The van der Waals surface area contributed by atoms with Gasteiger partial charge in [0.2, 0.25) is 0 Å². The maximum atomic E-state index is 12.5. The minimum absolute atomic E-state index is 0.113. The predicted molar refractivity (Wildman–Crippen MR) is 79.6 cm³/mol. The molecule has 0 atom stereocenters. The van der Waals surface area contributed by atoms with E-state index >= 15 is 0 Å². The van der Waals surface area contributed by atoms with Crippen molar-refractivity contribution in [3.8, 4) is 11.5 Å². The molecule has 21 heavy (non-hydrogen) atoms. The molecule has 0 spiro atoms. The van der Waals surface area contributed by atoms with Crippen molar-refractivity contribution in [2.75, 3.05) is 21.3 Å². The average Bonchev–Trinajstić information content (AvgIpc) is 2.54. The molecule has 2 rings (SSSR count). The molecule has 0 saturated heterocycles. The van der Waals surface area contributed by atoms with E-state index in [-0.39, 0.29) is 5.91 Å². The van der Waals surface area contributed by atoms with E-state index in [0.717, 1.165) is 5.56 Å². The first-order valence-electron chi connectivity index (χ1n) is 6.52. The molecule has 1 amide bonds. The van der Waals surface area contributed by atoms with Gasteiger partial charge in [0.25, 0.3) is 5.91 Å². The highest BCUT2D eigenvalue weighted by atomic mass is 16.5. The van der Waals surface area contributed by atoms with Crippen molar-refractivity contribution < 1.29 is 14.3 Å². The molecule has 1 heterocycles. The van der Waals surface area contributed by atoms with Crippen LogP contribution in [0.4, 0.5) is 0 Å². The number of carbonyl (C=O) groups excluding carboxylic acids is 1. The third kappa shape index (κ3) is 3.51. The summed E-state index contributed by atoms with van der Waals surface area (Å²) in [5, 5.41) is 0. The summed E-state index contributed by atoms with van der Waals surface area (Å²) >= 11 is 0. The molecule has 0 fully saturated rings. The molecule has 5 heteroatoms. The zero-order valence-corrected chi connectivity index (χ0v) is 12.4. The molecule has 0 aliphatic heterocycles. The third-order valence-corrected chi connectivity index (χ3v) is 3.13. The van der Waals surface area contributed by atoms with E-state index in [1.165, 1.54) is 7.11 Å². The summed E-state index contributed by atoms with van der Waals surface area (Å²) < 4.78 is 10.4. The van der Waals surface area contributed by atoms with Crippen LogP contribution in [-0.4, -0.2) is 37.1 Å². The van der Waals surface area contributed by atoms with Crippen molar-refractivity contribution >= 4 is 5.91 Å². The van der Waals surface area contributed by atoms with Crippen molar-refractivity contribution in [3.63, 3.8) is 0 Å². The summed E-state index contributed by atoms with van der Waals surface area (Å²) in [7, 11) is 4.86. The molecule has 0 aliphatic rings. The molecule has 0 radical (unpaired) electrons. The van der Waals surface area contributed by atoms with Crippen LogP contribution in [0.25, 0.3) is 0 Å². The largest absolute Gasteiger partial charge is 0.497 e. The minimum atomic E-state index is -0.113. The van der Waals surface area contributed by atoms with Crippen molar-refractivity contribution in [2.24, 2.45) is 0 Å². The molecule has 0 saturated carbocycles. The van der Waals surface area contributed by atoms with E-state index in [0.29, 0.717) is 23.6 Å². The van der Waals surface area contributed by atoms with Crippen molar-refractivity contribution in [3.05, 3.63) is 53.9 Å². The molecule has 2 aromatic rings. The second-order valence-electron chi connectivity index (χ2n) is 4.59. The zero-order chi connectivity index (χ0) is 15.2. The number of nitrogens with zero attached hydrogens (tertiary/aromatic N) is 2. The molecular formula is C16H18N2O3.